The van der Waals surface area contributed by atoms with E-state index in [1.165, 1.54) is 34.0 Å². The molecule has 0 spiro atoms. The summed E-state index contributed by atoms with van der Waals surface area (Å²) in [6, 6.07) is 15.7. The minimum atomic E-state index is 0.222. The van der Waals surface area contributed by atoms with E-state index in [0.29, 0.717) is 6.04 Å². The summed E-state index contributed by atoms with van der Waals surface area (Å²) in [5.74, 6) is 1.05. The average Bonchev–Trinajstić information content (AvgIpc) is 2.83. The standard InChI is InChI=1S/C19H20BrNO/c1-13-11-21(12-15-4-2-3-5-19(15)22-13)18-9-7-14-6-8-16(20)10-17(14)18/h2-6,8,10,13,18H,7,9,11-12H2,1H3/t13-,18?/m1/s1. The molecule has 114 valence electrons. The van der Waals surface area contributed by atoms with Crippen LogP contribution in [0.1, 0.15) is 36.1 Å². The molecule has 2 atom stereocenters. The van der Waals surface area contributed by atoms with Crippen molar-refractivity contribution in [3.63, 3.8) is 0 Å². The van der Waals surface area contributed by atoms with Crippen molar-refractivity contribution in [3.05, 3.63) is 63.6 Å². The molecule has 2 nitrogen and oxygen atoms in total. The maximum absolute atomic E-state index is 6.11. The van der Waals surface area contributed by atoms with Gasteiger partial charge in [-0.15, -0.1) is 0 Å². The second kappa shape index (κ2) is 5.71. The van der Waals surface area contributed by atoms with Gasteiger partial charge < -0.3 is 4.74 Å². The first kappa shape index (κ1) is 14.3. The van der Waals surface area contributed by atoms with Gasteiger partial charge in [0.05, 0.1) is 0 Å². The van der Waals surface area contributed by atoms with Crippen LogP contribution in [0.4, 0.5) is 0 Å². The van der Waals surface area contributed by atoms with Gasteiger partial charge in [0.2, 0.25) is 0 Å². The van der Waals surface area contributed by atoms with Crippen molar-refractivity contribution >= 4 is 15.9 Å². The highest BCUT2D eigenvalue weighted by atomic mass is 79.9. The first-order valence-electron chi connectivity index (χ1n) is 7.97. The number of hydrogen-bond acceptors (Lipinski definition) is 2. The van der Waals surface area contributed by atoms with Gasteiger partial charge in [-0.3, -0.25) is 4.90 Å². The molecule has 1 aliphatic heterocycles. The smallest absolute Gasteiger partial charge is 0.124 e. The summed E-state index contributed by atoms with van der Waals surface area (Å²) < 4.78 is 7.29. The Balaban J connectivity index is 1.68. The van der Waals surface area contributed by atoms with E-state index >= 15 is 0 Å². The molecule has 2 aromatic rings. The maximum atomic E-state index is 6.11. The third-order valence-corrected chi connectivity index (χ3v) is 5.25. The van der Waals surface area contributed by atoms with Crippen LogP contribution in [0, 0.1) is 0 Å². The fourth-order valence-electron chi connectivity index (χ4n) is 3.79. The van der Waals surface area contributed by atoms with Crippen molar-refractivity contribution in [2.45, 2.75) is 38.5 Å². The van der Waals surface area contributed by atoms with Crippen LogP contribution in [0.2, 0.25) is 0 Å². The molecule has 22 heavy (non-hydrogen) atoms. The van der Waals surface area contributed by atoms with Crippen molar-refractivity contribution in [2.24, 2.45) is 0 Å². The van der Waals surface area contributed by atoms with E-state index in [1.807, 2.05) is 0 Å². The number of hydrogen-bond donors (Lipinski definition) is 0. The topological polar surface area (TPSA) is 12.5 Å². The second-order valence-corrected chi connectivity index (χ2v) is 7.28. The fraction of sp³-hybridized carbons (Fsp3) is 0.368. The molecule has 0 bridgehead atoms. The normalized spacial score (nSPS) is 24.3. The lowest BCUT2D eigenvalue weighted by Crippen LogP contribution is -2.33. The highest BCUT2D eigenvalue weighted by Crippen LogP contribution is 2.39. The highest BCUT2D eigenvalue weighted by molar-refractivity contribution is 9.10. The molecule has 0 radical (unpaired) electrons. The minimum absolute atomic E-state index is 0.222. The lowest BCUT2D eigenvalue weighted by atomic mass is 10.1. The fourth-order valence-corrected chi connectivity index (χ4v) is 4.16. The van der Waals surface area contributed by atoms with E-state index < -0.39 is 0 Å². The van der Waals surface area contributed by atoms with Gasteiger partial charge in [0, 0.05) is 29.2 Å². The summed E-state index contributed by atoms with van der Waals surface area (Å²) >= 11 is 3.63. The van der Waals surface area contributed by atoms with Gasteiger partial charge in [-0.1, -0.05) is 40.2 Å². The van der Waals surface area contributed by atoms with Crippen LogP contribution in [0.15, 0.2) is 46.9 Å². The molecule has 0 N–H and O–H groups in total. The Labute approximate surface area is 140 Å². The molecule has 1 heterocycles. The zero-order valence-corrected chi connectivity index (χ0v) is 14.3. The lowest BCUT2D eigenvalue weighted by Gasteiger charge is -2.29. The first-order chi connectivity index (χ1) is 10.7. The Morgan fingerprint density at radius 2 is 2.00 bits per heavy atom. The monoisotopic (exact) mass is 357 g/mol. The van der Waals surface area contributed by atoms with Crippen LogP contribution in [0.25, 0.3) is 0 Å². The highest BCUT2D eigenvalue weighted by Gasteiger charge is 2.31. The van der Waals surface area contributed by atoms with Crippen LogP contribution < -0.4 is 4.74 Å². The Hall–Kier alpha value is -1.32. The lowest BCUT2D eigenvalue weighted by molar-refractivity contribution is 0.125. The minimum Gasteiger partial charge on any atom is -0.489 e. The molecule has 4 rings (SSSR count). The van der Waals surface area contributed by atoms with Crippen molar-refractivity contribution in [3.8, 4) is 5.75 Å². The van der Waals surface area contributed by atoms with Crippen LogP contribution in [0.3, 0.4) is 0 Å². The molecule has 2 aromatic carbocycles. The number of benzene rings is 2. The van der Waals surface area contributed by atoms with Crippen molar-refractivity contribution in [1.29, 1.82) is 0 Å². The Morgan fingerprint density at radius 1 is 1.14 bits per heavy atom. The summed E-state index contributed by atoms with van der Waals surface area (Å²) in [7, 11) is 0. The number of ether oxygens (including phenoxy) is 1. The number of fused-ring (bicyclic) bond motifs is 2. The summed E-state index contributed by atoms with van der Waals surface area (Å²) in [6.07, 6.45) is 2.61. The van der Waals surface area contributed by atoms with Crippen molar-refractivity contribution in [2.75, 3.05) is 6.54 Å². The number of halogens is 1. The SMILES string of the molecule is C[C@@H]1CN(C2CCc3ccc(Br)cc32)Cc2ccccc2O1. The molecule has 3 heteroatoms. The predicted octanol–water partition coefficient (Wildman–Crippen LogP) is 4.72. The average molecular weight is 358 g/mol. The van der Waals surface area contributed by atoms with Gasteiger partial charge in [-0.25, -0.2) is 0 Å². The molecule has 0 saturated carbocycles. The van der Waals surface area contributed by atoms with E-state index in [4.69, 9.17) is 4.74 Å². The van der Waals surface area contributed by atoms with Gasteiger partial charge in [0.25, 0.3) is 0 Å². The number of nitrogens with zero attached hydrogens (tertiary/aromatic N) is 1. The second-order valence-electron chi connectivity index (χ2n) is 6.36. The third-order valence-electron chi connectivity index (χ3n) is 4.76. The molecule has 0 fully saturated rings. The number of aryl methyl sites for hydroxylation is 1. The van der Waals surface area contributed by atoms with E-state index in [2.05, 4.69) is 70.2 Å². The van der Waals surface area contributed by atoms with Crippen molar-refractivity contribution in [1.82, 2.24) is 4.90 Å². The molecule has 1 unspecified atom stereocenters. The summed E-state index contributed by atoms with van der Waals surface area (Å²) in [5.41, 5.74) is 4.29. The predicted molar refractivity (Wildman–Crippen MR) is 92.1 cm³/mol. The molecule has 0 saturated heterocycles. The quantitative estimate of drug-likeness (QED) is 0.732. The number of rotatable bonds is 1. The van der Waals surface area contributed by atoms with Crippen LogP contribution >= 0.6 is 15.9 Å². The zero-order valence-electron chi connectivity index (χ0n) is 12.8. The van der Waals surface area contributed by atoms with E-state index in [-0.39, 0.29) is 6.10 Å². The molecule has 0 aromatic heterocycles. The Bertz CT molecular complexity index is 700. The summed E-state index contributed by atoms with van der Waals surface area (Å²) in [6.45, 7) is 4.12. The summed E-state index contributed by atoms with van der Waals surface area (Å²) in [5, 5.41) is 0. The van der Waals surface area contributed by atoms with Crippen molar-refractivity contribution < 1.29 is 4.74 Å². The Morgan fingerprint density at radius 3 is 2.91 bits per heavy atom. The maximum Gasteiger partial charge on any atom is 0.124 e. The molecule has 1 aliphatic carbocycles. The molecule has 0 amide bonds. The van der Waals surface area contributed by atoms with Gasteiger partial charge in [0.1, 0.15) is 11.9 Å². The van der Waals surface area contributed by atoms with Crippen LogP contribution in [0.5, 0.6) is 5.75 Å². The molecular weight excluding hydrogens is 338 g/mol. The summed E-state index contributed by atoms with van der Waals surface area (Å²) in [4.78, 5) is 2.59. The van der Waals surface area contributed by atoms with Gasteiger partial charge in [-0.2, -0.15) is 0 Å². The zero-order chi connectivity index (χ0) is 15.1. The molecular formula is C19H20BrNO. The van der Waals surface area contributed by atoms with E-state index in [1.54, 1.807) is 0 Å². The molecule has 2 aliphatic rings. The number of para-hydroxylation sites is 1. The first-order valence-corrected chi connectivity index (χ1v) is 8.77. The van der Waals surface area contributed by atoms with Gasteiger partial charge in [-0.05, 0) is 49.1 Å². The van der Waals surface area contributed by atoms with E-state index in [0.717, 1.165) is 18.8 Å². The van der Waals surface area contributed by atoms with E-state index in [9.17, 15) is 0 Å². The van der Waals surface area contributed by atoms with Gasteiger partial charge >= 0.3 is 0 Å². The third kappa shape index (κ3) is 2.57. The van der Waals surface area contributed by atoms with Crippen LogP contribution in [-0.4, -0.2) is 17.5 Å². The van der Waals surface area contributed by atoms with Crippen LogP contribution in [-0.2, 0) is 13.0 Å². The van der Waals surface area contributed by atoms with Gasteiger partial charge in [0.15, 0.2) is 0 Å². The Kier molecular flexibility index (Phi) is 3.71. The largest absolute Gasteiger partial charge is 0.489 e.